The molecular weight excluding hydrogens is 321 g/mol. The van der Waals surface area contributed by atoms with Crippen LogP contribution in [0.25, 0.3) is 0 Å². The van der Waals surface area contributed by atoms with Crippen molar-refractivity contribution >= 4 is 11.7 Å². The standard InChI is InChI=1S/C19H22FN3O2/c1-2-21-19(24)14-3-8-18(22-13-14)23-11-9-17(10-12-23)25-16-6-4-15(20)5-7-16/h3-8,13,17H,2,9-12H2,1H3,(H,21,24). The van der Waals surface area contributed by atoms with Crippen molar-refractivity contribution in [2.45, 2.75) is 25.9 Å². The molecule has 25 heavy (non-hydrogen) atoms. The molecule has 0 bridgehead atoms. The highest BCUT2D eigenvalue weighted by Crippen LogP contribution is 2.22. The van der Waals surface area contributed by atoms with E-state index in [4.69, 9.17) is 4.74 Å². The van der Waals surface area contributed by atoms with Crippen LogP contribution in [0.4, 0.5) is 10.2 Å². The molecule has 1 amide bonds. The van der Waals surface area contributed by atoms with Gasteiger partial charge in [0.05, 0.1) is 5.56 Å². The fourth-order valence-electron chi connectivity index (χ4n) is 2.88. The lowest BCUT2D eigenvalue weighted by Crippen LogP contribution is -2.38. The van der Waals surface area contributed by atoms with Crippen LogP contribution in [0.5, 0.6) is 5.75 Å². The van der Waals surface area contributed by atoms with Crippen molar-refractivity contribution in [1.82, 2.24) is 10.3 Å². The first kappa shape index (κ1) is 17.2. The normalized spacial score (nSPS) is 15.0. The number of anilines is 1. The van der Waals surface area contributed by atoms with Crippen LogP contribution in [0.1, 0.15) is 30.1 Å². The van der Waals surface area contributed by atoms with Crippen molar-refractivity contribution in [2.24, 2.45) is 0 Å². The molecule has 0 radical (unpaired) electrons. The minimum absolute atomic E-state index is 0.104. The molecule has 1 saturated heterocycles. The average Bonchev–Trinajstić information content (AvgIpc) is 2.65. The van der Waals surface area contributed by atoms with Crippen LogP contribution in [0.3, 0.4) is 0 Å². The maximum atomic E-state index is 12.9. The summed E-state index contributed by atoms with van der Waals surface area (Å²) in [5, 5.41) is 2.76. The van der Waals surface area contributed by atoms with Gasteiger partial charge in [-0.25, -0.2) is 9.37 Å². The Morgan fingerprint density at radius 1 is 1.24 bits per heavy atom. The predicted octanol–water partition coefficient (Wildman–Crippen LogP) is 3.02. The van der Waals surface area contributed by atoms with Gasteiger partial charge >= 0.3 is 0 Å². The highest BCUT2D eigenvalue weighted by Gasteiger charge is 2.21. The number of aromatic nitrogens is 1. The number of nitrogens with one attached hydrogen (secondary N) is 1. The second kappa shape index (κ2) is 7.96. The predicted molar refractivity (Wildman–Crippen MR) is 94.5 cm³/mol. The first-order valence-corrected chi connectivity index (χ1v) is 8.57. The van der Waals surface area contributed by atoms with Gasteiger partial charge in [0.15, 0.2) is 0 Å². The Morgan fingerprint density at radius 2 is 1.96 bits per heavy atom. The van der Waals surface area contributed by atoms with Crippen molar-refractivity contribution in [3.63, 3.8) is 0 Å². The number of amides is 1. The van der Waals surface area contributed by atoms with Gasteiger partial charge in [-0.05, 0) is 43.3 Å². The molecule has 0 unspecified atom stereocenters. The Hall–Kier alpha value is -2.63. The zero-order valence-electron chi connectivity index (χ0n) is 14.2. The Morgan fingerprint density at radius 3 is 2.56 bits per heavy atom. The SMILES string of the molecule is CCNC(=O)c1ccc(N2CCC(Oc3ccc(F)cc3)CC2)nc1. The number of hydrogen-bond donors (Lipinski definition) is 1. The molecule has 6 heteroatoms. The molecule has 2 aromatic rings. The van der Waals surface area contributed by atoms with E-state index in [0.29, 0.717) is 17.9 Å². The van der Waals surface area contributed by atoms with E-state index in [1.807, 2.05) is 13.0 Å². The van der Waals surface area contributed by atoms with Crippen LogP contribution in [-0.2, 0) is 0 Å². The number of halogens is 1. The van der Waals surface area contributed by atoms with Gasteiger partial charge in [0.25, 0.3) is 5.91 Å². The van der Waals surface area contributed by atoms with E-state index in [0.717, 1.165) is 31.7 Å². The molecule has 2 heterocycles. The third-order valence-electron chi connectivity index (χ3n) is 4.23. The largest absolute Gasteiger partial charge is 0.490 e. The van der Waals surface area contributed by atoms with Crippen LogP contribution in [0.15, 0.2) is 42.6 Å². The highest BCUT2D eigenvalue weighted by molar-refractivity contribution is 5.93. The molecule has 5 nitrogen and oxygen atoms in total. The molecule has 1 N–H and O–H groups in total. The molecule has 3 rings (SSSR count). The van der Waals surface area contributed by atoms with E-state index in [1.165, 1.54) is 12.1 Å². The number of ether oxygens (including phenoxy) is 1. The van der Waals surface area contributed by atoms with Gasteiger partial charge in [0, 0.05) is 38.7 Å². The maximum Gasteiger partial charge on any atom is 0.252 e. The number of pyridine rings is 1. The lowest BCUT2D eigenvalue weighted by molar-refractivity contribution is 0.0955. The summed E-state index contributed by atoms with van der Waals surface area (Å²) in [5.74, 6) is 1.20. The zero-order valence-corrected chi connectivity index (χ0v) is 14.2. The van der Waals surface area contributed by atoms with E-state index < -0.39 is 0 Å². The summed E-state index contributed by atoms with van der Waals surface area (Å²) in [5.41, 5.74) is 0.570. The quantitative estimate of drug-likeness (QED) is 0.907. The van der Waals surface area contributed by atoms with Gasteiger partial charge in [-0.3, -0.25) is 4.79 Å². The van der Waals surface area contributed by atoms with E-state index in [9.17, 15) is 9.18 Å². The Bertz CT molecular complexity index is 696. The topological polar surface area (TPSA) is 54.5 Å². The minimum Gasteiger partial charge on any atom is -0.490 e. The van der Waals surface area contributed by atoms with Crippen LogP contribution < -0.4 is 15.0 Å². The monoisotopic (exact) mass is 343 g/mol. The summed E-state index contributed by atoms with van der Waals surface area (Å²) in [7, 11) is 0. The first-order chi connectivity index (χ1) is 12.2. The molecule has 1 aromatic heterocycles. The van der Waals surface area contributed by atoms with Gasteiger partial charge in [0.1, 0.15) is 23.5 Å². The van der Waals surface area contributed by atoms with Gasteiger partial charge in [-0.15, -0.1) is 0 Å². The molecule has 1 aliphatic rings. The van der Waals surface area contributed by atoms with Crippen molar-refractivity contribution in [3.8, 4) is 5.75 Å². The molecule has 1 aromatic carbocycles. The first-order valence-electron chi connectivity index (χ1n) is 8.57. The van der Waals surface area contributed by atoms with E-state index in [-0.39, 0.29) is 17.8 Å². The summed E-state index contributed by atoms with van der Waals surface area (Å²) in [6, 6.07) is 9.81. The molecule has 0 saturated carbocycles. The van der Waals surface area contributed by atoms with Gasteiger partial charge in [0.2, 0.25) is 0 Å². The lowest BCUT2D eigenvalue weighted by Gasteiger charge is -2.33. The maximum absolute atomic E-state index is 12.9. The van der Waals surface area contributed by atoms with Gasteiger partial charge < -0.3 is 15.0 Å². The van der Waals surface area contributed by atoms with E-state index in [1.54, 1.807) is 24.4 Å². The second-order valence-corrected chi connectivity index (χ2v) is 6.02. The smallest absolute Gasteiger partial charge is 0.252 e. The number of piperidine rings is 1. The Balaban J connectivity index is 1.53. The van der Waals surface area contributed by atoms with E-state index in [2.05, 4.69) is 15.2 Å². The Labute approximate surface area is 146 Å². The Kier molecular flexibility index (Phi) is 5.48. The summed E-state index contributed by atoms with van der Waals surface area (Å²) in [4.78, 5) is 18.4. The number of benzene rings is 1. The lowest BCUT2D eigenvalue weighted by atomic mass is 10.1. The fourth-order valence-corrected chi connectivity index (χ4v) is 2.88. The molecule has 0 spiro atoms. The third-order valence-corrected chi connectivity index (χ3v) is 4.23. The number of nitrogens with zero attached hydrogens (tertiary/aromatic N) is 2. The number of carbonyl (C=O) groups excluding carboxylic acids is 1. The number of carbonyl (C=O) groups is 1. The minimum atomic E-state index is -0.260. The van der Waals surface area contributed by atoms with Gasteiger partial charge in [-0.1, -0.05) is 0 Å². The second-order valence-electron chi connectivity index (χ2n) is 6.02. The molecule has 1 fully saturated rings. The van der Waals surface area contributed by atoms with Crippen molar-refractivity contribution in [1.29, 1.82) is 0 Å². The van der Waals surface area contributed by atoms with Crippen molar-refractivity contribution < 1.29 is 13.9 Å². The summed E-state index contributed by atoms with van der Waals surface area (Å²) in [6.07, 6.45) is 3.48. The highest BCUT2D eigenvalue weighted by atomic mass is 19.1. The summed E-state index contributed by atoms with van der Waals surface area (Å²) >= 11 is 0. The van der Waals surface area contributed by atoms with Crippen LogP contribution in [-0.4, -0.2) is 36.6 Å². The fraction of sp³-hybridized carbons (Fsp3) is 0.368. The van der Waals surface area contributed by atoms with E-state index >= 15 is 0 Å². The molecule has 0 atom stereocenters. The van der Waals surface area contributed by atoms with Gasteiger partial charge in [-0.2, -0.15) is 0 Å². The number of hydrogen-bond acceptors (Lipinski definition) is 4. The molecular formula is C19H22FN3O2. The van der Waals surface area contributed by atoms with Crippen molar-refractivity contribution in [3.05, 3.63) is 54.0 Å². The third kappa shape index (κ3) is 4.47. The summed E-state index contributed by atoms with van der Waals surface area (Å²) in [6.45, 7) is 4.15. The molecule has 1 aliphatic heterocycles. The molecule has 0 aliphatic carbocycles. The van der Waals surface area contributed by atoms with Crippen LogP contribution >= 0.6 is 0 Å². The summed E-state index contributed by atoms with van der Waals surface area (Å²) < 4.78 is 18.8. The molecule has 132 valence electrons. The average molecular weight is 343 g/mol. The van der Waals surface area contributed by atoms with Crippen LogP contribution in [0.2, 0.25) is 0 Å². The zero-order chi connectivity index (χ0) is 17.6. The van der Waals surface area contributed by atoms with Crippen LogP contribution in [0, 0.1) is 5.82 Å². The number of rotatable bonds is 5. The van der Waals surface area contributed by atoms with Crippen molar-refractivity contribution in [2.75, 3.05) is 24.5 Å².